The zero-order chi connectivity index (χ0) is 15.2. The highest BCUT2D eigenvalue weighted by molar-refractivity contribution is 9.10. The Hall–Kier alpha value is -1.98. The lowest BCUT2D eigenvalue weighted by molar-refractivity contribution is -0.111. The number of aromatic nitrogens is 1. The third-order valence-corrected chi connectivity index (χ3v) is 3.36. The Bertz CT molecular complexity index is 699. The van der Waals surface area contributed by atoms with Crippen molar-refractivity contribution in [3.63, 3.8) is 0 Å². The van der Waals surface area contributed by atoms with E-state index in [1.165, 1.54) is 12.3 Å². The Kier molecular flexibility index (Phi) is 5.25. The zero-order valence-electron chi connectivity index (χ0n) is 10.7. The summed E-state index contributed by atoms with van der Waals surface area (Å²) in [5.41, 5.74) is 0.895. The lowest BCUT2D eigenvalue weighted by Crippen LogP contribution is -2.09. The van der Waals surface area contributed by atoms with E-state index in [0.29, 0.717) is 11.3 Å². The van der Waals surface area contributed by atoms with Crippen LogP contribution in [0.3, 0.4) is 0 Å². The molecular weight excluding hydrogens is 356 g/mol. The predicted octanol–water partition coefficient (Wildman–Crippen LogP) is 3.88. The summed E-state index contributed by atoms with van der Waals surface area (Å²) < 4.78 is 0.881. The molecule has 4 nitrogen and oxygen atoms in total. The third kappa shape index (κ3) is 4.51. The maximum atomic E-state index is 11.9. The van der Waals surface area contributed by atoms with Gasteiger partial charge in [0, 0.05) is 22.3 Å². The molecule has 0 radical (unpaired) electrons. The van der Waals surface area contributed by atoms with Crippen LogP contribution in [0.15, 0.2) is 59.2 Å². The molecule has 1 heterocycles. The van der Waals surface area contributed by atoms with Crippen LogP contribution in [-0.2, 0) is 4.79 Å². The Labute approximate surface area is 135 Å². The first-order valence-electron chi connectivity index (χ1n) is 5.96. The average Bonchev–Trinajstić information content (AvgIpc) is 2.48. The van der Waals surface area contributed by atoms with E-state index < -0.39 is 5.91 Å². The van der Waals surface area contributed by atoms with Crippen molar-refractivity contribution in [1.29, 1.82) is 0 Å². The number of allylic oxidation sites excluding steroid dienone is 1. The van der Waals surface area contributed by atoms with E-state index in [2.05, 4.69) is 26.2 Å². The Morgan fingerprint density at radius 2 is 1.86 bits per heavy atom. The Balaban J connectivity index is 2.00. The number of halogens is 2. The predicted molar refractivity (Wildman–Crippen MR) is 85.5 cm³/mol. The highest BCUT2D eigenvalue weighted by atomic mass is 79.9. The van der Waals surface area contributed by atoms with Gasteiger partial charge in [0.2, 0.25) is 5.91 Å². The van der Waals surface area contributed by atoms with Crippen molar-refractivity contribution in [2.75, 3.05) is 5.32 Å². The van der Waals surface area contributed by atoms with Crippen molar-refractivity contribution >= 4 is 44.9 Å². The minimum Gasteiger partial charge on any atom is -0.320 e. The fourth-order valence-corrected chi connectivity index (χ4v) is 1.95. The number of hydrogen-bond donors (Lipinski definition) is 1. The molecule has 0 aliphatic carbocycles. The molecule has 6 heteroatoms. The largest absolute Gasteiger partial charge is 0.320 e. The second-order valence-electron chi connectivity index (χ2n) is 4.04. The van der Waals surface area contributed by atoms with Gasteiger partial charge in [0.05, 0.1) is 5.69 Å². The SMILES string of the molecule is O=C(/C=C/C(=O)c1ccc(Br)cc1)Nc1cccnc1Cl. The Morgan fingerprint density at radius 3 is 2.52 bits per heavy atom. The number of carbonyl (C=O) groups is 2. The molecule has 2 aromatic rings. The molecule has 1 N–H and O–H groups in total. The summed E-state index contributed by atoms with van der Waals surface area (Å²) in [5, 5.41) is 2.74. The first-order valence-corrected chi connectivity index (χ1v) is 7.13. The fraction of sp³-hybridized carbons (Fsp3) is 0. The van der Waals surface area contributed by atoms with Crippen molar-refractivity contribution in [3.05, 3.63) is 69.9 Å². The second-order valence-corrected chi connectivity index (χ2v) is 5.31. The highest BCUT2D eigenvalue weighted by Crippen LogP contribution is 2.17. The Morgan fingerprint density at radius 1 is 1.14 bits per heavy atom. The van der Waals surface area contributed by atoms with Crippen LogP contribution >= 0.6 is 27.5 Å². The summed E-state index contributed by atoms with van der Waals surface area (Å²) in [7, 11) is 0. The minimum atomic E-state index is -0.449. The van der Waals surface area contributed by atoms with Gasteiger partial charge < -0.3 is 5.32 Å². The number of pyridine rings is 1. The first kappa shape index (κ1) is 15.4. The number of amides is 1. The highest BCUT2D eigenvalue weighted by Gasteiger charge is 2.05. The first-order chi connectivity index (χ1) is 10.1. The number of nitrogens with zero attached hydrogens (tertiary/aromatic N) is 1. The van der Waals surface area contributed by atoms with Crippen LogP contribution in [0, 0.1) is 0 Å². The molecule has 0 unspecified atom stereocenters. The number of hydrogen-bond acceptors (Lipinski definition) is 3. The van der Waals surface area contributed by atoms with Crippen LogP contribution in [-0.4, -0.2) is 16.7 Å². The van der Waals surface area contributed by atoms with Gasteiger partial charge in [0.15, 0.2) is 10.9 Å². The van der Waals surface area contributed by atoms with E-state index in [1.807, 2.05) is 0 Å². The molecular formula is C15H10BrClN2O2. The van der Waals surface area contributed by atoms with Crippen LogP contribution < -0.4 is 5.32 Å². The van der Waals surface area contributed by atoms with Crippen molar-refractivity contribution in [2.45, 2.75) is 0 Å². The molecule has 0 atom stereocenters. The lowest BCUT2D eigenvalue weighted by atomic mass is 10.1. The summed E-state index contributed by atoms with van der Waals surface area (Å²) in [5.74, 6) is -0.703. The molecule has 1 aromatic heterocycles. The standard InChI is InChI=1S/C15H10BrClN2O2/c16-11-5-3-10(4-6-11)13(20)7-8-14(21)19-12-2-1-9-18-15(12)17/h1-9H,(H,19,21)/b8-7+. The summed E-state index contributed by atoms with van der Waals surface area (Å²) in [6, 6.07) is 10.1. The maximum Gasteiger partial charge on any atom is 0.248 e. The van der Waals surface area contributed by atoms with Gasteiger partial charge in [0.1, 0.15) is 0 Å². The smallest absolute Gasteiger partial charge is 0.248 e. The van der Waals surface area contributed by atoms with Crippen LogP contribution in [0.2, 0.25) is 5.15 Å². The number of nitrogens with one attached hydrogen (secondary N) is 1. The van der Waals surface area contributed by atoms with Gasteiger partial charge >= 0.3 is 0 Å². The molecule has 21 heavy (non-hydrogen) atoms. The second kappa shape index (κ2) is 7.15. The normalized spacial score (nSPS) is 10.6. The maximum absolute atomic E-state index is 11.9. The number of carbonyl (C=O) groups excluding carboxylic acids is 2. The van der Waals surface area contributed by atoms with Crippen molar-refractivity contribution in [3.8, 4) is 0 Å². The van der Waals surface area contributed by atoms with Crippen molar-refractivity contribution < 1.29 is 9.59 Å². The summed E-state index contributed by atoms with van der Waals surface area (Å²) in [4.78, 5) is 27.4. The summed E-state index contributed by atoms with van der Waals surface area (Å²) in [6.45, 7) is 0. The van der Waals surface area contributed by atoms with E-state index in [4.69, 9.17) is 11.6 Å². The van der Waals surface area contributed by atoms with Crippen LogP contribution in [0.1, 0.15) is 10.4 Å². The average molecular weight is 366 g/mol. The number of anilines is 1. The molecule has 0 saturated carbocycles. The lowest BCUT2D eigenvalue weighted by Gasteiger charge is -2.02. The van der Waals surface area contributed by atoms with Gasteiger partial charge in [0.25, 0.3) is 0 Å². The molecule has 106 valence electrons. The van der Waals surface area contributed by atoms with Gasteiger partial charge in [-0.05, 0) is 42.5 Å². The van der Waals surface area contributed by atoms with Crippen molar-refractivity contribution in [1.82, 2.24) is 4.98 Å². The van der Waals surface area contributed by atoms with E-state index >= 15 is 0 Å². The molecule has 0 bridgehead atoms. The zero-order valence-corrected chi connectivity index (χ0v) is 13.1. The van der Waals surface area contributed by atoms with E-state index in [1.54, 1.807) is 36.4 Å². The van der Waals surface area contributed by atoms with Crippen molar-refractivity contribution in [2.24, 2.45) is 0 Å². The molecule has 0 fully saturated rings. The molecule has 0 saturated heterocycles. The molecule has 0 spiro atoms. The van der Waals surface area contributed by atoms with Crippen LogP contribution in [0.4, 0.5) is 5.69 Å². The molecule has 1 amide bonds. The quantitative estimate of drug-likeness (QED) is 0.508. The minimum absolute atomic E-state index is 0.193. The monoisotopic (exact) mass is 364 g/mol. The molecule has 0 aliphatic rings. The number of ketones is 1. The van der Waals surface area contributed by atoms with Gasteiger partial charge in [-0.2, -0.15) is 0 Å². The van der Waals surface area contributed by atoms with Gasteiger partial charge in [-0.3, -0.25) is 9.59 Å². The number of benzene rings is 1. The fourth-order valence-electron chi connectivity index (χ4n) is 1.52. The van der Waals surface area contributed by atoms with Gasteiger partial charge in [-0.25, -0.2) is 4.98 Å². The third-order valence-electron chi connectivity index (χ3n) is 2.53. The number of rotatable bonds is 4. The van der Waals surface area contributed by atoms with Gasteiger partial charge in [-0.15, -0.1) is 0 Å². The topological polar surface area (TPSA) is 59.1 Å². The van der Waals surface area contributed by atoms with Crippen LogP contribution in [0.25, 0.3) is 0 Å². The van der Waals surface area contributed by atoms with Gasteiger partial charge in [-0.1, -0.05) is 27.5 Å². The van der Waals surface area contributed by atoms with E-state index in [-0.39, 0.29) is 10.9 Å². The van der Waals surface area contributed by atoms with E-state index in [9.17, 15) is 9.59 Å². The summed E-state index contributed by atoms with van der Waals surface area (Å²) >= 11 is 9.11. The van der Waals surface area contributed by atoms with Crippen LogP contribution in [0.5, 0.6) is 0 Å². The summed E-state index contributed by atoms with van der Waals surface area (Å²) in [6.07, 6.45) is 3.89. The molecule has 1 aromatic carbocycles. The van der Waals surface area contributed by atoms with E-state index in [0.717, 1.165) is 10.5 Å². The molecule has 0 aliphatic heterocycles. The molecule has 2 rings (SSSR count).